The molecule has 1 heterocycles. The molecule has 1 fully saturated rings. The second-order valence-electron chi connectivity index (χ2n) is 7.26. The van der Waals surface area contributed by atoms with Crippen molar-refractivity contribution in [1.29, 1.82) is 0 Å². The number of aliphatic imine (C=N–C) groups is 1. The van der Waals surface area contributed by atoms with Gasteiger partial charge in [0.2, 0.25) is 0 Å². The Bertz CT molecular complexity index is 667. The Morgan fingerprint density at radius 3 is 2.71 bits per heavy atom. The third-order valence-corrected chi connectivity index (χ3v) is 4.99. The highest BCUT2D eigenvalue weighted by molar-refractivity contribution is 14.0. The van der Waals surface area contributed by atoms with Gasteiger partial charge in [0.05, 0.1) is 6.61 Å². The summed E-state index contributed by atoms with van der Waals surface area (Å²) in [6.07, 6.45) is 2.21. The quantitative estimate of drug-likeness (QED) is 0.201. The zero-order chi connectivity index (χ0) is 21.8. The van der Waals surface area contributed by atoms with Gasteiger partial charge in [0, 0.05) is 38.8 Å². The molecule has 0 unspecified atom stereocenters. The smallest absolute Gasteiger partial charge is 0.387 e. The maximum atomic E-state index is 12.9. The SMILES string of the molecule is CCOc1cccc(CNC(=NC)NCCCN2CCCN(C)CC2)c1OC(F)F.I. The molecule has 1 aliphatic rings. The fourth-order valence-corrected chi connectivity index (χ4v) is 3.43. The van der Waals surface area contributed by atoms with Crippen molar-refractivity contribution in [2.24, 2.45) is 4.99 Å². The van der Waals surface area contributed by atoms with Gasteiger partial charge >= 0.3 is 6.61 Å². The van der Waals surface area contributed by atoms with Crippen LogP contribution in [-0.4, -0.2) is 82.3 Å². The molecule has 1 aromatic rings. The minimum Gasteiger partial charge on any atom is -0.490 e. The summed E-state index contributed by atoms with van der Waals surface area (Å²) in [5, 5.41) is 6.45. The zero-order valence-electron chi connectivity index (χ0n) is 18.7. The van der Waals surface area contributed by atoms with E-state index in [9.17, 15) is 8.78 Å². The molecular formula is C21H36F2IN5O2. The zero-order valence-corrected chi connectivity index (χ0v) is 21.0. The Morgan fingerprint density at radius 1 is 1.19 bits per heavy atom. The van der Waals surface area contributed by atoms with E-state index in [1.165, 1.54) is 6.42 Å². The molecule has 31 heavy (non-hydrogen) atoms. The first-order chi connectivity index (χ1) is 14.5. The second kappa shape index (κ2) is 15.4. The van der Waals surface area contributed by atoms with E-state index >= 15 is 0 Å². The fourth-order valence-electron chi connectivity index (χ4n) is 3.43. The molecule has 0 aromatic heterocycles. The highest BCUT2D eigenvalue weighted by Crippen LogP contribution is 2.32. The average Bonchev–Trinajstić information content (AvgIpc) is 2.93. The summed E-state index contributed by atoms with van der Waals surface area (Å²) in [5.41, 5.74) is 0.581. The Balaban J connectivity index is 0.00000480. The average molecular weight is 555 g/mol. The largest absolute Gasteiger partial charge is 0.490 e. The molecule has 0 radical (unpaired) electrons. The van der Waals surface area contributed by atoms with Crippen LogP contribution in [0.15, 0.2) is 23.2 Å². The number of likely N-dealkylation sites (N-methyl/N-ethyl adjacent to an activating group) is 1. The minimum absolute atomic E-state index is 0. The summed E-state index contributed by atoms with van der Waals surface area (Å²) in [4.78, 5) is 9.08. The summed E-state index contributed by atoms with van der Waals surface area (Å²) < 4.78 is 35.8. The second-order valence-corrected chi connectivity index (χ2v) is 7.26. The molecule has 7 nitrogen and oxygen atoms in total. The topological polar surface area (TPSA) is 61.4 Å². The Kier molecular flexibility index (Phi) is 13.7. The van der Waals surface area contributed by atoms with Gasteiger partial charge in [-0.25, -0.2) is 0 Å². The number of guanidine groups is 1. The number of hydrogen-bond donors (Lipinski definition) is 2. The van der Waals surface area contributed by atoms with Crippen molar-refractivity contribution < 1.29 is 18.3 Å². The van der Waals surface area contributed by atoms with E-state index in [2.05, 4.69) is 32.5 Å². The van der Waals surface area contributed by atoms with Crippen molar-refractivity contribution in [3.05, 3.63) is 23.8 Å². The maximum absolute atomic E-state index is 12.9. The van der Waals surface area contributed by atoms with E-state index in [1.54, 1.807) is 32.2 Å². The van der Waals surface area contributed by atoms with Crippen LogP contribution in [0.5, 0.6) is 11.5 Å². The van der Waals surface area contributed by atoms with Gasteiger partial charge in [0.1, 0.15) is 0 Å². The van der Waals surface area contributed by atoms with Gasteiger partial charge in [0.15, 0.2) is 17.5 Å². The number of nitrogens with zero attached hydrogens (tertiary/aromatic N) is 3. The lowest BCUT2D eigenvalue weighted by molar-refractivity contribution is -0.0520. The first kappa shape index (κ1) is 27.6. The number of para-hydroxylation sites is 1. The normalized spacial score (nSPS) is 15.9. The maximum Gasteiger partial charge on any atom is 0.387 e. The van der Waals surface area contributed by atoms with Crippen molar-refractivity contribution >= 4 is 29.9 Å². The van der Waals surface area contributed by atoms with Crippen molar-refractivity contribution in [2.45, 2.75) is 32.9 Å². The van der Waals surface area contributed by atoms with Crippen LogP contribution in [0.2, 0.25) is 0 Å². The molecule has 1 saturated heterocycles. The van der Waals surface area contributed by atoms with Crippen molar-refractivity contribution in [3.8, 4) is 11.5 Å². The van der Waals surface area contributed by atoms with Crippen molar-refractivity contribution in [3.63, 3.8) is 0 Å². The number of hydrogen-bond acceptors (Lipinski definition) is 5. The number of benzene rings is 1. The van der Waals surface area contributed by atoms with E-state index < -0.39 is 6.61 Å². The summed E-state index contributed by atoms with van der Waals surface area (Å²) in [6.45, 7) is 5.88. The first-order valence-electron chi connectivity index (χ1n) is 10.6. The van der Waals surface area contributed by atoms with Crippen LogP contribution >= 0.6 is 24.0 Å². The van der Waals surface area contributed by atoms with Crippen LogP contribution in [0, 0.1) is 0 Å². The molecule has 1 aromatic carbocycles. The van der Waals surface area contributed by atoms with Crippen LogP contribution in [0.4, 0.5) is 8.78 Å². The van der Waals surface area contributed by atoms with E-state index in [4.69, 9.17) is 9.47 Å². The predicted molar refractivity (Wildman–Crippen MR) is 131 cm³/mol. The summed E-state index contributed by atoms with van der Waals surface area (Å²) >= 11 is 0. The third kappa shape index (κ3) is 10.2. The number of nitrogens with one attached hydrogen (secondary N) is 2. The lowest BCUT2D eigenvalue weighted by Crippen LogP contribution is -2.38. The van der Waals surface area contributed by atoms with Crippen LogP contribution in [0.3, 0.4) is 0 Å². The summed E-state index contributed by atoms with van der Waals surface area (Å²) in [7, 11) is 3.86. The fraction of sp³-hybridized carbons (Fsp3) is 0.667. The van der Waals surface area contributed by atoms with Gasteiger partial charge in [-0.3, -0.25) is 4.99 Å². The lowest BCUT2D eigenvalue weighted by Gasteiger charge is -2.20. The molecule has 10 heteroatoms. The molecule has 0 atom stereocenters. The Labute approximate surface area is 201 Å². The van der Waals surface area contributed by atoms with Crippen molar-refractivity contribution in [1.82, 2.24) is 20.4 Å². The van der Waals surface area contributed by atoms with Gasteiger partial charge in [-0.1, -0.05) is 12.1 Å². The molecule has 0 bridgehead atoms. The van der Waals surface area contributed by atoms with Gasteiger partial charge < -0.3 is 29.9 Å². The van der Waals surface area contributed by atoms with Gasteiger partial charge in [0.25, 0.3) is 0 Å². The molecule has 0 saturated carbocycles. The Hall–Kier alpha value is -1.40. The van der Waals surface area contributed by atoms with Gasteiger partial charge in [-0.2, -0.15) is 8.78 Å². The van der Waals surface area contributed by atoms with E-state index in [0.29, 0.717) is 30.4 Å². The summed E-state index contributed by atoms with van der Waals surface area (Å²) in [6, 6.07) is 5.12. The number of ether oxygens (including phenoxy) is 2. The molecule has 0 aliphatic carbocycles. The number of alkyl halides is 2. The van der Waals surface area contributed by atoms with Gasteiger partial charge in [-0.15, -0.1) is 24.0 Å². The number of rotatable bonds is 10. The first-order valence-corrected chi connectivity index (χ1v) is 10.6. The van der Waals surface area contributed by atoms with E-state index in [0.717, 1.165) is 45.7 Å². The molecular weight excluding hydrogens is 519 g/mol. The predicted octanol–water partition coefficient (Wildman–Crippen LogP) is 3.00. The standard InChI is InChI=1S/C21H35F2N5O2.HI/c1-4-29-18-9-5-8-17(19(18)30-20(22)23)16-26-21(24-2)25-10-6-12-28-13-7-11-27(3)14-15-28;/h5,8-9,20H,4,6-7,10-16H2,1-3H3,(H2,24,25,26);1H. The third-order valence-electron chi connectivity index (χ3n) is 4.99. The van der Waals surface area contributed by atoms with Gasteiger partial charge in [-0.05, 0) is 52.5 Å². The van der Waals surface area contributed by atoms with Crippen LogP contribution in [0.1, 0.15) is 25.3 Å². The Morgan fingerprint density at radius 2 is 2.00 bits per heavy atom. The number of halogens is 3. The lowest BCUT2D eigenvalue weighted by atomic mass is 10.2. The van der Waals surface area contributed by atoms with E-state index in [1.807, 2.05) is 0 Å². The highest BCUT2D eigenvalue weighted by Gasteiger charge is 2.16. The molecule has 2 rings (SSSR count). The van der Waals surface area contributed by atoms with E-state index in [-0.39, 0.29) is 29.7 Å². The molecule has 0 spiro atoms. The minimum atomic E-state index is -2.92. The summed E-state index contributed by atoms with van der Waals surface area (Å²) in [5.74, 6) is 0.988. The van der Waals surface area contributed by atoms with Crippen LogP contribution < -0.4 is 20.1 Å². The molecule has 178 valence electrons. The highest BCUT2D eigenvalue weighted by atomic mass is 127. The van der Waals surface area contributed by atoms with Crippen molar-refractivity contribution in [2.75, 3.05) is 60.0 Å². The molecule has 0 amide bonds. The van der Waals surface area contributed by atoms with Crippen LogP contribution in [0.25, 0.3) is 0 Å². The molecule has 2 N–H and O–H groups in total. The molecule has 1 aliphatic heterocycles. The monoisotopic (exact) mass is 555 g/mol. The van der Waals surface area contributed by atoms with Crippen LogP contribution in [-0.2, 0) is 6.54 Å².